The van der Waals surface area contributed by atoms with Crippen LogP contribution in [-0.4, -0.2) is 31.8 Å². The first-order chi connectivity index (χ1) is 6.33. The third kappa shape index (κ3) is 3.56. The molecule has 2 nitrogen and oxygen atoms in total. The van der Waals surface area contributed by atoms with Crippen LogP contribution in [-0.2, 0) is 9.47 Å². The maximum atomic E-state index is 5.58. The van der Waals surface area contributed by atoms with Gasteiger partial charge in [0.15, 0.2) is 0 Å². The quantitative estimate of drug-likeness (QED) is 0.511. The topological polar surface area (TPSA) is 18.5 Å². The molecule has 0 atom stereocenters. The van der Waals surface area contributed by atoms with Gasteiger partial charge in [-0.3, -0.25) is 0 Å². The Hall–Kier alpha value is 0.400. The van der Waals surface area contributed by atoms with Gasteiger partial charge in [0.1, 0.15) is 0 Å². The van der Waals surface area contributed by atoms with E-state index in [2.05, 4.69) is 15.9 Å². The molecule has 1 aliphatic rings. The highest BCUT2D eigenvalue weighted by Gasteiger charge is 2.35. The highest BCUT2D eigenvalue weighted by molar-refractivity contribution is 9.09. The SMILES string of the molecule is CCOCCOCC1(CBr)CCC1. The van der Waals surface area contributed by atoms with Crippen LogP contribution in [0.1, 0.15) is 26.2 Å². The normalized spacial score (nSPS) is 19.8. The van der Waals surface area contributed by atoms with E-state index in [4.69, 9.17) is 9.47 Å². The Morgan fingerprint density at radius 1 is 1.23 bits per heavy atom. The second-order valence-corrected chi connectivity index (χ2v) is 4.30. The third-order valence-electron chi connectivity index (χ3n) is 2.68. The summed E-state index contributed by atoms with van der Waals surface area (Å²) in [6.45, 7) is 5.15. The summed E-state index contributed by atoms with van der Waals surface area (Å²) >= 11 is 3.55. The lowest BCUT2D eigenvalue weighted by Gasteiger charge is -2.40. The molecule has 0 aliphatic heterocycles. The van der Waals surface area contributed by atoms with Gasteiger partial charge in [-0.15, -0.1) is 0 Å². The highest BCUT2D eigenvalue weighted by Crippen LogP contribution is 2.42. The summed E-state index contributed by atoms with van der Waals surface area (Å²) in [6, 6.07) is 0. The molecule has 13 heavy (non-hydrogen) atoms. The zero-order chi connectivity index (χ0) is 9.57. The van der Waals surface area contributed by atoms with E-state index < -0.39 is 0 Å². The molecule has 0 radical (unpaired) electrons. The van der Waals surface area contributed by atoms with Crippen molar-refractivity contribution in [3.8, 4) is 0 Å². The molecule has 1 saturated carbocycles. The van der Waals surface area contributed by atoms with Crippen LogP contribution in [0.2, 0.25) is 0 Å². The third-order valence-corrected chi connectivity index (χ3v) is 3.87. The zero-order valence-electron chi connectivity index (χ0n) is 8.35. The minimum absolute atomic E-state index is 0.451. The molecule has 1 aliphatic carbocycles. The van der Waals surface area contributed by atoms with E-state index in [1.807, 2.05) is 6.92 Å². The monoisotopic (exact) mass is 250 g/mol. The lowest BCUT2D eigenvalue weighted by atomic mass is 9.71. The van der Waals surface area contributed by atoms with Crippen LogP contribution in [0.5, 0.6) is 0 Å². The summed E-state index contributed by atoms with van der Waals surface area (Å²) in [7, 11) is 0. The van der Waals surface area contributed by atoms with Crippen molar-refractivity contribution in [2.45, 2.75) is 26.2 Å². The average molecular weight is 251 g/mol. The Morgan fingerprint density at radius 3 is 2.38 bits per heavy atom. The standard InChI is InChI=1S/C10H19BrO2/c1-2-12-6-7-13-9-10(8-11)4-3-5-10/h2-9H2,1H3. The molecule has 1 fully saturated rings. The van der Waals surface area contributed by atoms with Crippen molar-refractivity contribution in [3.63, 3.8) is 0 Å². The van der Waals surface area contributed by atoms with E-state index >= 15 is 0 Å². The summed E-state index contributed by atoms with van der Waals surface area (Å²) < 4.78 is 10.8. The predicted molar refractivity (Wildman–Crippen MR) is 57.4 cm³/mol. The fourth-order valence-electron chi connectivity index (χ4n) is 1.54. The molecule has 0 aromatic rings. The van der Waals surface area contributed by atoms with E-state index in [1.165, 1.54) is 19.3 Å². The molecule has 1 rings (SSSR count). The molecule has 0 amide bonds. The molecule has 0 aromatic heterocycles. The van der Waals surface area contributed by atoms with E-state index in [9.17, 15) is 0 Å². The smallest absolute Gasteiger partial charge is 0.0700 e. The maximum absolute atomic E-state index is 5.58. The van der Waals surface area contributed by atoms with E-state index in [-0.39, 0.29) is 0 Å². The molecule has 78 valence electrons. The summed E-state index contributed by atoms with van der Waals surface area (Å²) in [5, 5.41) is 1.08. The molecule has 0 N–H and O–H groups in total. The van der Waals surface area contributed by atoms with Crippen molar-refractivity contribution in [1.82, 2.24) is 0 Å². The molecule has 0 unspecified atom stereocenters. The molecule has 0 heterocycles. The Balaban J connectivity index is 1.98. The van der Waals surface area contributed by atoms with Gasteiger partial charge in [0, 0.05) is 17.4 Å². The van der Waals surface area contributed by atoms with Crippen molar-refractivity contribution in [2.24, 2.45) is 5.41 Å². The van der Waals surface area contributed by atoms with Crippen LogP contribution in [0.4, 0.5) is 0 Å². The van der Waals surface area contributed by atoms with Crippen LogP contribution in [0.15, 0.2) is 0 Å². The van der Waals surface area contributed by atoms with Gasteiger partial charge in [-0.05, 0) is 19.8 Å². The van der Waals surface area contributed by atoms with Crippen LogP contribution in [0.25, 0.3) is 0 Å². The number of halogens is 1. The predicted octanol–water partition coefficient (Wildman–Crippen LogP) is 2.60. The van der Waals surface area contributed by atoms with Crippen molar-refractivity contribution in [3.05, 3.63) is 0 Å². The first-order valence-corrected chi connectivity index (χ1v) is 6.16. The van der Waals surface area contributed by atoms with Gasteiger partial charge in [0.05, 0.1) is 19.8 Å². The van der Waals surface area contributed by atoms with Crippen molar-refractivity contribution < 1.29 is 9.47 Å². The second kappa shape index (κ2) is 5.99. The van der Waals surface area contributed by atoms with Gasteiger partial charge >= 0.3 is 0 Å². The molecule has 0 bridgehead atoms. The summed E-state index contributed by atoms with van der Waals surface area (Å²) in [6.07, 6.45) is 3.99. The van der Waals surface area contributed by atoms with Crippen LogP contribution < -0.4 is 0 Å². The summed E-state index contributed by atoms with van der Waals surface area (Å²) in [4.78, 5) is 0. The molecular weight excluding hydrogens is 232 g/mol. The molecule has 0 saturated heterocycles. The first-order valence-electron chi connectivity index (χ1n) is 5.04. The summed E-state index contributed by atoms with van der Waals surface area (Å²) in [5.41, 5.74) is 0.451. The van der Waals surface area contributed by atoms with E-state index in [0.717, 1.165) is 31.8 Å². The van der Waals surface area contributed by atoms with Crippen LogP contribution >= 0.6 is 15.9 Å². The number of alkyl halides is 1. The maximum Gasteiger partial charge on any atom is 0.0700 e. The molecule has 0 spiro atoms. The lowest BCUT2D eigenvalue weighted by Crippen LogP contribution is -2.36. The Morgan fingerprint density at radius 2 is 1.92 bits per heavy atom. The van der Waals surface area contributed by atoms with Gasteiger partial charge in [-0.2, -0.15) is 0 Å². The fourth-order valence-corrected chi connectivity index (χ4v) is 2.27. The summed E-state index contributed by atoms with van der Waals surface area (Å²) in [5.74, 6) is 0. The van der Waals surface area contributed by atoms with Gasteiger partial charge in [0.25, 0.3) is 0 Å². The fraction of sp³-hybridized carbons (Fsp3) is 1.00. The Kier molecular flexibility index (Phi) is 5.29. The number of hydrogen-bond donors (Lipinski definition) is 0. The van der Waals surface area contributed by atoms with Gasteiger partial charge < -0.3 is 9.47 Å². The molecule has 3 heteroatoms. The molecular formula is C10H19BrO2. The van der Waals surface area contributed by atoms with Crippen LogP contribution in [0.3, 0.4) is 0 Å². The van der Waals surface area contributed by atoms with Gasteiger partial charge in [-0.1, -0.05) is 22.4 Å². The van der Waals surface area contributed by atoms with Crippen molar-refractivity contribution in [2.75, 3.05) is 31.8 Å². The van der Waals surface area contributed by atoms with E-state index in [1.54, 1.807) is 0 Å². The molecule has 0 aromatic carbocycles. The minimum atomic E-state index is 0.451. The van der Waals surface area contributed by atoms with Gasteiger partial charge in [-0.25, -0.2) is 0 Å². The van der Waals surface area contributed by atoms with Crippen molar-refractivity contribution in [1.29, 1.82) is 0 Å². The minimum Gasteiger partial charge on any atom is -0.379 e. The number of rotatable bonds is 7. The van der Waals surface area contributed by atoms with Crippen molar-refractivity contribution >= 4 is 15.9 Å². The largest absolute Gasteiger partial charge is 0.379 e. The zero-order valence-corrected chi connectivity index (χ0v) is 9.94. The Labute approximate surface area is 89.1 Å². The van der Waals surface area contributed by atoms with E-state index in [0.29, 0.717) is 5.41 Å². The highest BCUT2D eigenvalue weighted by atomic mass is 79.9. The second-order valence-electron chi connectivity index (χ2n) is 3.74. The average Bonchev–Trinajstić information content (AvgIpc) is 2.09. The lowest BCUT2D eigenvalue weighted by molar-refractivity contribution is -0.0140. The number of hydrogen-bond acceptors (Lipinski definition) is 2. The van der Waals surface area contributed by atoms with Crippen LogP contribution in [0, 0.1) is 5.41 Å². The first kappa shape index (κ1) is 11.5. The number of ether oxygens (including phenoxy) is 2. The van der Waals surface area contributed by atoms with Gasteiger partial charge in [0.2, 0.25) is 0 Å². The Bertz CT molecular complexity index is 129.